The topological polar surface area (TPSA) is 235 Å². The average molecular weight is 432 g/mol. The van der Waals surface area contributed by atoms with Gasteiger partial charge in [-0.15, -0.1) is 0 Å². The van der Waals surface area contributed by atoms with Crippen LogP contribution in [0.15, 0.2) is 0 Å². The van der Waals surface area contributed by atoms with Crippen molar-refractivity contribution in [3.63, 3.8) is 0 Å². The Labute approximate surface area is 146 Å². The van der Waals surface area contributed by atoms with Crippen LogP contribution in [-0.4, -0.2) is 57.4 Å². The molecule has 0 amide bonds. The summed E-state index contributed by atoms with van der Waals surface area (Å²) in [5.74, 6) is -2.10. The molecule has 0 radical (unpaired) electrons. The van der Waals surface area contributed by atoms with Crippen LogP contribution in [-0.2, 0) is 49.9 Å². The molecule has 9 N–H and O–H groups in total. The second-order valence-corrected chi connectivity index (χ2v) is 6.93. The molecule has 0 aromatic heterocycles. The predicted molar refractivity (Wildman–Crippen MR) is 83.6 cm³/mol. The van der Waals surface area contributed by atoms with Gasteiger partial charge in [-0.3, -0.25) is 18.2 Å². The van der Waals surface area contributed by atoms with Gasteiger partial charge in [0, 0.05) is 0 Å². The number of rotatable bonds is 12. The van der Waals surface area contributed by atoms with E-state index in [9.17, 15) is 26.7 Å². The molecule has 0 rings (SSSR count). The molecule has 0 heterocycles. The molecule has 4 unspecified atom stereocenters. The van der Waals surface area contributed by atoms with Gasteiger partial charge in [0.2, 0.25) is 50.7 Å². The van der Waals surface area contributed by atoms with E-state index in [2.05, 4.69) is 0 Å². The lowest BCUT2D eigenvalue weighted by Crippen LogP contribution is -2.84. The van der Waals surface area contributed by atoms with Crippen LogP contribution >= 0.6 is 0 Å². The van der Waals surface area contributed by atoms with E-state index in [0.29, 0.717) is 0 Å². The molecule has 0 bridgehead atoms. The summed E-state index contributed by atoms with van der Waals surface area (Å²) in [5, 5.41) is 9.45. The Morgan fingerprint density at radius 3 is 1.38 bits per heavy atom. The van der Waals surface area contributed by atoms with Crippen molar-refractivity contribution in [2.24, 2.45) is 0 Å². The maximum absolute atomic E-state index is 11.7. The first kappa shape index (κ1) is 23.8. The molecule has 0 fully saturated rings. The fraction of sp³-hybridized carbons (Fsp3) is 0.833. The van der Waals surface area contributed by atoms with Gasteiger partial charge in [0.15, 0.2) is 0 Å². The maximum Gasteiger partial charge on any atom is 0.344 e. The van der Waals surface area contributed by atoms with Gasteiger partial charge in [-0.25, -0.2) is 21.6 Å². The molecule has 18 heteroatoms. The molecule has 0 saturated carbocycles. The monoisotopic (exact) mass is 432 g/mol. The second kappa shape index (κ2) is 10.0. The molecule has 0 aromatic carbocycles. The van der Waals surface area contributed by atoms with Gasteiger partial charge in [-0.2, -0.15) is 18.9 Å². The molecule has 14 nitrogen and oxygen atoms in total. The van der Waals surface area contributed by atoms with Gasteiger partial charge >= 0.3 is 5.97 Å². The molecule has 24 heavy (non-hydrogen) atoms. The van der Waals surface area contributed by atoms with Crippen molar-refractivity contribution in [1.82, 2.24) is 18.9 Å². The standard InChI is InChI=1S/C6H16N4O10S4/c1-2-3-5(7-21(13)14,8-22(15)16)6(4(11)12,9-23(17)18)10-24(19)20/h7-10H,2-3H2,1H3,(H,11,12)(H,13,14)(H,15,16)(H,17,18)(H,19,20). The molecular weight excluding hydrogens is 416 g/mol. The highest BCUT2D eigenvalue weighted by Crippen LogP contribution is 2.26. The van der Waals surface area contributed by atoms with Crippen molar-refractivity contribution in [3.8, 4) is 0 Å². The lowest BCUT2D eigenvalue weighted by Gasteiger charge is -2.45. The molecule has 0 aliphatic heterocycles. The van der Waals surface area contributed by atoms with E-state index >= 15 is 0 Å². The van der Waals surface area contributed by atoms with E-state index in [1.807, 2.05) is 0 Å². The van der Waals surface area contributed by atoms with Gasteiger partial charge in [0.1, 0.15) is 5.66 Å². The number of hydrogen-bond acceptors (Lipinski definition) is 5. The molecule has 144 valence electrons. The van der Waals surface area contributed by atoms with Crippen molar-refractivity contribution in [2.45, 2.75) is 31.1 Å². The highest BCUT2D eigenvalue weighted by Gasteiger charge is 2.61. The number of carbonyl (C=O) groups is 1. The minimum Gasteiger partial charge on any atom is -0.479 e. The van der Waals surface area contributed by atoms with Crippen molar-refractivity contribution in [1.29, 1.82) is 0 Å². The highest BCUT2D eigenvalue weighted by atomic mass is 32.2. The zero-order valence-electron chi connectivity index (χ0n) is 11.8. The van der Waals surface area contributed by atoms with Crippen molar-refractivity contribution >= 4 is 51.0 Å². The van der Waals surface area contributed by atoms with Crippen LogP contribution in [0.3, 0.4) is 0 Å². The minimum absolute atomic E-state index is 0.00289. The Morgan fingerprint density at radius 2 is 1.17 bits per heavy atom. The average Bonchev–Trinajstić information content (AvgIpc) is 2.34. The van der Waals surface area contributed by atoms with Crippen LogP contribution in [0.5, 0.6) is 0 Å². The lowest BCUT2D eigenvalue weighted by molar-refractivity contribution is -0.149. The molecule has 0 saturated heterocycles. The third-order valence-corrected chi connectivity index (χ3v) is 4.60. The first-order chi connectivity index (χ1) is 10.9. The number of hydrogen-bond donors (Lipinski definition) is 9. The van der Waals surface area contributed by atoms with E-state index in [-0.39, 0.29) is 6.42 Å². The number of aliphatic carboxylic acids is 1. The molecule has 4 atom stereocenters. The van der Waals surface area contributed by atoms with E-state index in [1.54, 1.807) is 9.44 Å². The Bertz CT molecular complexity index is 525. The summed E-state index contributed by atoms with van der Waals surface area (Å²) >= 11 is -12.3. The van der Waals surface area contributed by atoms with E-state index in [4.69, 9.17) is 18.2 Å². The predicted octanol–water partition coefficient (Wildman–Crippen LogP) is -2.83. The van der Waals surface area contributed by atoms with Crippen LogP contribution < -0.4 is 18.9 Å². The van der Waals surface area contributed by atoms with E-state index in [0.717, 1.165) is 0 Å². The zero-order valence-corrected chi connectivity index (χ0v) is 15.1. The number of carboxylic acids is 1. The summed E-state index contributed by atoms with van der Waals surface area (Å²) in [6.45, 7) is 1.44. The summed E-state index contributed by atoms with van der Waals surface area (Å²) < 4.78 is 87.1. The SMILES string of the molecule is CCCC(NS(=O)O)(NS(=O)O)C(NS(=O)O)(NS(=O)O)C(=O)O. The summed E-state index contributed by atoms with van der Waals surface area (Å²) in [6, 6.07) is 0. The largest absolute Gasteiger partial charge is 0.479 e. The quantitative estimate of drug-likeness (QED) is 0.113. The second-order valence-electron chi connectivity index (χ2n) is 4.12. The molecule has 0 aromatic rings. The smallest absolute Gasteiger partial charge is 0.344 e. The fourth-order valence-corrected chi connectivity index (χ4v) is 4.35. The fourth-order valence-electron chi connectivity index (χ4n) is 1.86. The van der Waals surface area contributed by atoms with E-state index in [1.165, 1.54) is 16.4 Å². The van der Waals surface area contributed by atoms with Crippen LogP contribution in [0, 0.1) is 0 Å². The van der Waals surface area contributed by atoms with Crippen LogP contribution in [0.2, 0.25) is 0 Å². The van der Waals surface area contributed by atoms with Crippen LogP contribution in [0.4, 0.5) is 0 Å². The molecule has 0 aliphatic carbocycles. The summed E-state index contributed by atoms with van der Waals surface area (Å²) in [4.78, 5) is 11.7. The Morgan fingerprint density at radius 1 is 0.833 bits per heavy atom. The van der Waals surface area contributed by atoms with Crippen LogP contribution in [0.25, 0.3) is 0 Å². The zero-order chi connectivity index (χ0) is 19.1. The molecule has 0 spiro atoms. The normalized spacial score (nSPS) is 21.9. The van der Waals surface area contributed by atoms with Crippen molar-refractivity contribution in [2.75, 3.05) is 0 Å². The first-order valence-electron chi connectivity index (χ1n) is 5.70. The molecular formula is C6H16N4O10S4. The van der Waals surface area contributed by atoms with Gasteiger partial charge in [0.05, 0.1) is 0 Å². The van der Waals surface area contributed by atoms with Crippen LogP contribution in [0.1, 0.15) is 19.8 Å². The van der Waals surface area contributed by atoms with Gasteiger partial charge in [0.25, 0.3) is 0 Å². The third-order valence-electron chi connectivity index (χ3n) is 2.59. The molecule has 0 aliphatic rings. The summed E-state index contributed by atoms with van der Waals surface area (Å²) in [7, 11) is 0. The van der Waals surface area contributed by atoms with E-state index < -0.39 is 68.8 Å². The van der Waals surface area contributed by atoms with Crippen molar-refractivity contribution < 1.29 is 44.9 Å². The Balaban J connectivity index is 6.61. The number of nitrogens with one attached hydrogen (secondary N) is 4. The highest BCUT2D eigenvalue weighted by molar-refractivity contribution is 7.78. The van der Waals surface area contributed by atoms with Gasteiger partial charge in [-0.1, -0.05) is 13.3 Å². The lowest BCUT2D eigenvalue weighted by atomic mass is 9.91. The van der Waals surface area contributed by atoms with Crippen molar-refractivity contribution in [3.05, 3.63) is 0 Å². The first-order valence-corrected chi connectivity index (χ1v) is 10.1. The number of carboxylic acid groups (broad SMARTS) is 1. The maximum atomic E-state index is 11.7. The minimum atomic E-state index is -3.14. The third kappa shape index (κ3) is 6.24. The summed E-state index contributed by atoms with van der Waals surface area (Å²) in [6.07, 6.45) is -0.519. The Hall–Kier alpha value is -0.250. The van der Waals surface area contributed by atoms with Gasteiger partial charge in [-0.05, 0) is 6.42 Å². The Kier molecular flexibility index (Phi) is 9.93. The summed E-state index contributed by atoms with van der Waals surface area (Å²) in [5.41, 5.74) is -5.78. The van der Waals surface area contributed by atoms with Gasteiger partial charge < -0.3 is 5.11 Å².